The van der Waals surface area contributed by atoms with Crippen LogP contribution < -0.4 is 10.2 Å². The number of benzene rings is 2. The lowest BCUT2D eigenvalue weighted by atomic mass is 9.99. The maximum Gasteiger partial charge on any atom is 0.321 e. The first-order chi connectivity index (χ1) is 16.5. The lowest BCUT2D eigenvalue weighted by Crippen LogP contribution is -2.51. The van der Waals surface area contributed by atoms with Gasteiger partial charge in [0.15, 0.2) is 5.82 Å². The molecule has 34 heavy (non-hydrogen) atoms. The van der Waals surface area contributed by atoms with Crippen LogP contribution in [0.1, 0.15) is 41.0 Å². The molecule has 0 saturated carbocycles. The number of anilines is 1. The Hall–Kier alpha value is -3.75. The van der Waals surface area contributed by atoms with Crippen molar-refractivity contribution in [2.45, 2.75) is 38.6 Å². The highest BCUT2D eigenvalue weighted by molar-refractivity contribution is 6.00. The van der Waals surface area contributed by atoms with E-state index < -0.39 is 5.82 Å². The number of carbonyl (C=O) groups excluding carboxylic acids is 2. The summed E-state index contributed by atoms with van der Waals surface area (Å²) in [5, 5.41) is 6.79. The predicted molar refractivity (Wildman–Crippen MR) is 124 cm³/mol. The SMILES string of the molecule is Cc1noc(-c2cc(F)ccc2C(=O)N2CCCCC2CNC(=O)N2CCc3ccccc32)n1. The van der Waals surface area contributed by atoms with Crippen LogP contribution >= 0.6 is 0 Å². The van der Waals surface area contributed by atoms with Gasteiger partial charge in [-0.3, -0.25) is 9.69 Å². The standard InChI is InChI=1S/C25H26FN5O3/c1-16-28-23(34-29-16)21-14-18(26)9-10-20(21)24(32)30-12-5-4-7-19(30)15-27-25(33)31-13-11-17-6-2-3-8-22(17)31/h2-3,6,8-10,14,19H,4-5,7,11-13,15H2,1H3,(H,27,33). The number of likely N-dealkylation sites (tertiary alicyclic amines) is 1. The van der Waals surface area contributed by atoms with Crippen molar-refractivity contribution in [3.8, 4) is 11.5 Å². The first-order valence-electron chi connectivity index (χ1n) is 11.6. The molecular weight excluding hydrogens is 437 g/mol. The largest absolute Gasteiger partial charge is 0.336 e. The summed E-state index contributed by atoms with van der Waals surface area (Å²) >= 11 is 0. The molecule has 1 unspecified atom stereocenters. The highest BCUT2D eigenvalue weighted by atomic mass is 19.1. The fourth-order valence-corrected chi connectivity index (χ4v) is 4.77. The molecule has 0 bridgehead atoms. The Kier molecular flexibility index (Phi) is 6.00. The van der Waals surface area contributed by atoms with E-state index in [9.17, 15) is 14.0 Å². The van der Waals surface area contributed by atoms with E-state index in [2.05, 4.69) is 15.5 Å². The average molecular weight is 464 g/mol. The van der Waals surface area contributed by atoms with Crippen LogP contribution in [0.15, 0.2) is 47.0 Å². The van der Waals surface area contributed by atoms with Crippen molar-refractivity contribution in [2.75, 3.05) is 24.5 Å². The van der Waals surface area contributed by atoms with Crippen molar-refractivity contribution in [3.05, 3.63) is 65.2 Å². The minimum absolute atomic E-state index is 0.106. The zero-order valence-corrected chi connectivity index (χ0v) is 19.0. The maximum absolute atomic E-state index is 14.0. The molecule has 0 spiro atoms. The molecule has 1 atom stereocenters. The fourth-order valence-electron chi connectivity index (χ4n) is 4.77. The second-order valence-corrected chi connectivity index (χ2v) is 8.70. The Morgan fingerprint density at radius 2 is 2.03 bits per heavy atom. The number of rotatable bonds is 4. The molecule has 0 radical (unpaired) electrons. The van der Waals surface area contributed by atoms with Crippen molar-refractivity contribution >= 4 is 17.6 Å². The van der Waals surface area contributed by atoms with Gasteiger partial charge in [0.05, 0.1) is 11.1 Å². The third-order valence-electron chi connectivity index (χ3n) is 6.48. The smallest absolute Gasteiger partial charge is 0.321 e. The van der Waals surface area contributed by atoms with Crippen LogP contribution in [0.4, 0.5) is 14.9 Å². The van der Waals surface area contributed by atoms with Gasteiger partial charge in [0.25, 0.3) is 11.8 Å². The lowest BCUT2D eigenvalue weighted by Gasteiger charge is -2.36. The van der Waals surface area contributed by atoms with Crippen LogP contribution in [0, 0.1) is 12.7 Å². The molecule has 3 aromatic rings. The van der Waals surface area contributed by atoms with Crippen LogP contribution in [0.2, 0.25) is 0 Å². The molecule has 1 saturated heterocycles. The van der Waals surface area contributed by atoms with E-state index in [1.807, 2.05) is 24.3 Å². The topological polar surface area (TPSA) is 91.6 Å². The van der Waals surface area contributed by atoms with Gasteiger partial charge in [0.2, 0.25) is 0 Å². The second kappa shape index (κ2) is 9.24. The lowest BCUT2D eigenvalue weighted by molar-refractivity contribution is 0.0615. The van der Waals surface area contributed by atoms with Crippen molar-refractivity contribution in [1.82, 2.24) is 20.4 Å². The summed E-state index contributed by atoms with van der Waals surface area (Å²) in [7, 11) is 0. The minimum atomic E-state index is -0.490. The van der Waals surface area contributed by atoms with Gasteiger partial charge in [-0.05, 0) is 62.4 Å². The molecule has 3 heterocycles. The van der Waals surface area contributed by atoms with E-state index >= 15 is 0 Å². The third kappa shape index (κ3) is 4.25. The number of aromatic nitrogens is 2. The molecule has 3 amide bonds. The van der Waals surface area contributed by atoms with E-state index in [1.165, 1.54) is 18.2 Å². The summed E-state index contributed by atoms with van der Waals surface area (Å²) in [4.78, 5) is 34.2. The number of carbonyl (C=O) groups is 2. The van der Waals surface area contributed by atoms with Crippen molar-refractivity contribution in [1.29, 1.82) is 0 Å². The number of para-hydroxylation sites is 1. The number of fused-ring (bicyclic) bond motifs is 1. The highest BCUT2D eigenvalue weighted by Gasteiger charge is 2.31. The second-order valence-electron chi connectivity index (χ2n) is 8.70. The molecule has 176 valence electrons. The monoisotopic (exact) mass is 463 g/mol. The van der Waals surface area contributed by atoms with Gasteiger partial charge in [-0.25, -0.2) is 9.18 Å². The number of nitrogens with zero attached hydrogens (tertiary/aromatic N) is 4. The fraction of sp³-hybridized carbons (Fsp3) is 0.360. The minimum Gasteiger partial charge on any atom is -0.336 e. The maximum atomic E-state index is 14.0. The van der Waals surface area contributed by atoms with E-state index in [0.717, 1.165) is 36.9 Å². The first kappa shape index (κ1) is 22.1. The number of aryl methyl sites for hydroxylation is 1. The number of urea groups is 1. The zero-order chi connectivity index (χ0) is 23.7. The van der Waals surface area contributed by atoms with Gasteiger partial charge in [-0.15, -0.1) is 0 Å². The summed E-state index contributed by atoms with van der Waals surface area (Å²) < 4.78 is 19.2. The van der Waals surface area contributed by atoms with Crippen LogP contribution in [0.3, 0.4) is 0 Å². The van der Waals surface area contributed by atoms with E-state index in [0.29, 0.717) is 31.0 Å². The van der Waals surface area contributed by atoms with E-state index in [1.54, 1.807) is 16.7 Å². The molecule has 1 aromatic heterocycles. The zero-order valence-electron chi connectivity index (χ0n) is 19.0. The van der Waals surface area contributed by atoms with Gasteiger partial charge in [-0.2, -0.15) is 4.98 Å². The van der Waals surface area contributed by atoms with Gasteiger partial charge in [0.1, 0.15) is 5.82 Å². The van der Waals surface area contributed by atoms with Crippen molar-refractivity contribution < 1.29 is 18.5 Å². The molecule has 9 heteroatoms. The average Bonchev–Trinajstić information content (AvgIpc) is 3.48. The summed E-state index contributed by atoms with van der Waals surface area (Å²) in [5.41, 5.74) is 2.67. The van der Waals surface area contributed by atoms with Crippen LogP contribution in [-0.4, -0.2) is 52.7 Å². The molecule has 1 fully saturated rings. The number of halogens is 1. The van der Waals surface area contributed by atoms with E-state index in [-0.39, 0.29) is 29.4 Å². The summed E-state index contributed by atoms with van der Waals surface area (Å²) in [6, 6.07) is 11.5. The van der Waals surface area contributed by atoms with E-state index in [4.69, 9.17) is 4.52 Å². The first-order valence-corrected chi connectivity index (χ1v) is 11.6. The van der Waals surface area contributed by atoms with Crippen molar-refractivity contribution in [3.63, 3.8) is 0 Å². The van der Waals surface area contributed by atoms with Crippen LogP contribution in [-0.2, 0) is 6.42 Å². The molecule has 2 aliphatic rings. The quantitative estimate of drug-likeness (QED) is 0.633. The molecule has 5 rings (SSSR count). The number of amides is 3. The van der Waals surface area contributed by atoms with Crippen molar-refractivity contribution in [2.24, 2.45) is 0 Å². The third-order valence-corrected chi connectivity index (χ3v) is 6.48. The van der Waals surface area contributed by atoms with Crippen LogP contribution in [0.5, 0.6) is 0 Å². The number of hydrogen-bond donors (Lipinski definition) is 1. The molecule has 2 aliphatic heterocycles. The number of piperidine rings is 1. The summed E-state index contributed by atoms with van der Waals surface area (Å²) in [5.74, 6) is -0.221. The predicted octanol–water partition coefficient (Wildman–Crippen LogP) is 3.95. The van der Waals surface area contributed by atoms with Gasteiger partial charge < -0.3 is 14.7 Å². The molecule has 0 aliphatic carbocycles. The Bertz CT molecular complexity index is 1230. The number of hydrogen-bond acceptors (Lipinski definition) is 5. The Balaban J connectivity index is 1.33. The van der Waals surface area contributed by atoms with Gasteiger partial charge >= 0.3 is 6.03 Å². The molecule has 8 nitrogen and oxygen atoms in total. The Morgan fingerprint density at radius 3 is 2.85 bits per heavy atom. The normalized spacial score (nSPS) is 17.5. The Labute approximate surface area is 196 Å². The Morgan fingerprint density at radius 1 is 1.18 bits per heavy atom. The van der Waals surface area contributed by atoms with Gasteiger partial charge in [0, 0.05) is 31.4 Å². The van der Waals surface area contributed by atoms with Crippen LogP contribution in [0.25, 0.3) is 11.5 Å². The summed E-state index contributed by atoms with van der Waals surface area (Å²) in [6.07, 6.45) is 3.45. The number of nitrogens with one attached hydrogen (secondary N) is 1. The molecule has 1 N–H and O–H groups in total. The van der Waals surface area contributed by atoms with Gasteiger partial charge in [-0.1, -0.05) is 23.4 Å². The molecule has 2 aromatic carbocycles. The highest BCUT2D eigenvalue weighted by Crippen LogP contribution is 2.29. The summed E-state index contributed by atoms with van der Waals surface area (Å²) in [6.45, 7) is 3.21. The molecular formula is C25H26FN5O3.